The molecule has 0 aliphatic rings. The first-order chi connectivity index (χ1) is 13.7. The molecule has 0 radical (unpaired) electrons. The van der Waals surface area contributed by atoms with Crippen LogP contribution < -0.4 is 10.3 Å². The highest BCUT2D eigenvalue weighted by Gasteiger charge is 2.17. The Morgan fingerprint density at radius 2 is 1.90 bits per heavy atom. The molecular weight excluding hydrogens is 394 g/mol. The van der Waals surface area contributed by atoms with Gasteiger partial charge in [-0.25, -0.2) is 22.7 Å². The van der Waals surface area contributed by atoms with Crippen LogP contribution in [0.3, 0.4) is 0 Å². The van der Waals surface area contributed by atoms with Crippen molar-refractivity contribution in [2.45, 2.75) is 32.3 Å². The van der Waals surface area contributed by atoms with Gasteiger partial charge >= 0.3 is 11.6 Å². The van der Waals surface area contributed by atoms with E-state index in [0.29, 0.717) is 16.5 Å². The lowest BCUT2D eigenvalue weighted by atomic mass is 10.0. The van der Waals surface area contributed by atoms with Gasteiger partial charge in [-0.05, 0) is 43.2 Å². The van der Waals surface area contributed by atoms with Gasteiger partial charge in [0, 0.05) is 23.6 Å². The SMILES string of the molecule is CCNS(=O)(=O)c1cccc(C(=O)OCc2cc(=O)oc3c(C)c(C)ccc23)c1. The normalized spacial score (nSPS) is 11.6. The summed E-state index contributed by atoms with van der Waals surface area (Å²) in [7, 11) is -3.69. The van der Waals surface area contributed by atoms with E-state index in [9.17, 15) is 18.0 Å². The van der Waals surface area contributed by atoms with Crippen LogP contribution in [0.15, 0.2) is 56.6 Å². The van der Waals surface area contributed by atoms with Crippen molar-refractivity contribution in [3.8, 4) is 0 Å². The molecule has 8 heteroatoms. The number of benzene rings is 2. The van der Waals surface area contributed by atoms with Crippen LogP contribution in [0.25, 0.3) is 11.0 Å². The highest BCUT2D eigenvalue weighted by atomic mass is 32.2. The predicted molar refractivity (Wildman–Crippen MR) is 108 cm³/mol. The van der Waals surface area contributed by atoms with Crippen LogP contribution in [0.2, 0.25) is 0 Å². The number of hydrogen-bond acceptors (Lipinski definition) is 6. The number of nitrogens with one attached hydrogen (secondary N) is 1. The summed E-state index contributed by atoms with van der Waals surface area (Å²) in [4.78, 5) is 24.4. The minimum absolute atomic E-state index is 0.0225. The minimum Gasteiger partial charge on any atom is -0.457 e. The Hall–Kier alpha value is -2.97. The summed E-state index contributed by atoms with van der Waals surface area (Å²) < 4.78 is 37.3. The number of esters is 1. The lowest BCUT2D eigenvalue weighted by Gasteiger charge is -2.10. The smallest absolute Gasteiger partial charge is 0.338 e. The first-order valence-electron chi connectivity index (χ1n) is 9.02. The number of carbonyl (C=O) groups excluding carboxylic acids is 1. The monoisotopic (exact) mass is 415 g/mol. The molecule has 3 rings (SSSR count). The highest BCUT2D eigenvalue weighted by Crippen LogP contribution is 2.24. The second-order valence-electron chi connectivity index (χ2n) is 6.58. The van der Waals surface area contributed by atoms with E-state index in [1.165, 1.54) is 30.3 Å². The van der Waals surface area contributed by atoms with Gasteiger partial charge in [-0.1, -0.05) is 25.1 Å². The van der Waals surface area contributed by atoms with Gasteiger partial charge in [0.15, 0.2) is 0 Å². The maximum atomic E-state index is 12.5. The van der Waals surface area contributed by atoms with Gasteiger partial charge in [0.1, 0.15) is 12.2 Å². The fourth-order valence-electron chi connectivity index (χ4n) is 2.93. The van der Waals surface area contributed by atoms with E-state index in [1.807, 2.05) is 26.0 Å². The Morgan fingerprint density at radius 3 is 2.62 bits per heavy atom. The third-order valence-electron chi connectivity index (χ3n) is 4.59. The zero-order valence-corrected chi connectivity index (χ0v) is 17.1. The molecule has 3 aromatic rings. The van der Waals surface area contributed by atoms with Crippen LogP contribution in [0.1, 0.15) is 34.0 Å². The van der Waals surface area contributed by atoms with Crippen LogP contribution in [0, 0.1) is 13.8 Å². The Bertz CT molecular complexity index is 1240. The number of fused-ring (bicyclic) bond motifs is 1. The second-order valence-corrected chi connectivity index (χ2v) is 8.35. The van der Waals surface area contributed by atoms with Crippen LogP contribution in [-0.2, 0) is 21.4 Å². The fourth-order valence-corrected chi connectivity index (χ4v) is 4.02. The topological polar surface area (TPSA) is 103 Å². The van der Waals surface area contributed by atoms with Crippen molar-refractivity contribution >= 4 is 27.0 Å². The third kappa shape index (κ3) is 4.38. The summed E-state index contributed by atoms with van der Waals surface area (Å²) in [5, 5.41) is 0.684. The van der Waals surface area contributed by atoms with Gasteiger partial charge in [0.05, 0.1) is 10.5 Å². The van der Waals surface area contributed by atoms with Crippen LogP contribution in [0.4, 0.5) is 0 Å². The molecule has 0 saturated carbocycles. The summed E-state index contributed by atoms with van der Waals surface area (Å²) in [6.45, 7) is 5.52. The molecule has 0 bridgehead atoms. The molecule has 7 nitrogen and oxygen atoms in total. The summed E-state index contributed by atoms with van der Waals surface area (Å²) in [6, 6.07) is 10.6. The van der Waals surface area contributed by atoms with Crippen molar-refractivity contribution < 1.29 is 22.4 Å². The summed E-state index contributed by atoms with van der Waals surface area (Å²) in [5.74, 6) is -0.691. The lowest BCUT2D eigenvalue weighted by molar-refractivity contribution is 0.0473. The van der Waals surface area contributed by atoms with E-state index in [-0.39, 0.29) is 23.6 Å². The number of sulfonamides is 1. The van der Waals surface area contributed by atoms with Crippen molar-refractivity contribution in [1.82, 2.24) is 4.72 Å². The molecule has 29 heavy (non-hydrogen) atoms. The summed E-state index contributed by atoms with van der Waals surface area (Å²) in [5.41, 5.74) is 2.37. The molecule has 0 unspecified atom stereocenters. The van der Waals surface area contributed by atoms with E-state index < -0.39 is 21.6 Å². The predicted octanol–water partition coefficient (Wildman–Crippen LogP) is 3.07. The standard InChI is InChI=1S/C21H21NO6S/c1-4-22-29(25,26)17-7-5-6-15(10-17)21(24)27-12-16-11-19(23)28-20-14(3)13(2)8-9-18(16)20/h5-11,22H,4,12H2,1-3H3. The fraction of sp³-hybridized carbons (Fsp3) is 0.238. The van der Waals surface area contributed by atoms with Gasteiger partial charge < -0.3 is 9.15 Å². The Labute approximate surface area is 168 Å². The first-order valence-corrected chi connectivity index (χ1v) is 10.5. The largest absolute Gasteiger partial charge is 0.457 e. The molecule has 0 aliphatic carbocycles. The number of hydrogen-bond donors (Lipinski definition) is 1. The number of rotatable bonds is 6. The van der Waals surface area contributed by atoms with Crippen molar-refractivity contribution in [2.24, 2.45) is 0 Å². The van der Waals surface area contributed by atoms with Gasteiger partial charge in [0.25, 0.3) is 0 Å². The van der Waals surface area contributed by atoms with E-state index >= 15 is 0 Å². The second kappa shape index (κ2) is 8.18. The molecule has 0 spiro atoms. The van der Waals surface area contributed by atoms with Gasteiger partial charge in [0.2, 0.25) is 10.0 Å². The highest BCUT2D eigenvalue weighted by molar-refractivity contribution is 7.89. The van der Waals surface area contributed by atoms with E-state index in [2.05, 4.69) is 4.72 Å². The van der Waals surface area contributed by atoms with Gasteiger partial charge in [-0.15, -0.1) is 0 Å². The van der Waals surface area contributed by atoms with Crippen LogP contribution in [-0.4, -0.2) is 20.9 Å². The maximum Gasteiger partial charge on any atom is 0.338 e. The van der Waals surface area contributed by atoms with Crippen molar-refractivity contribution in [1.29, 1.82) is 0 Å². The average molecular weight is 415 g/mol. The van der Waals surface area contributed by atoms with Crippen LogP contribution >= 0.6 is 0 Å². The Balaban J connectivity index is 1.87. The number of ether oxygens (including phenoxy) is 1. The zero-order chi connectivity index (χ0) is 21.2. The summed E-state index contributed by atoms with van der Waals surface area (Å²) >= 11 is 0. The molecular formula is C21H21NO6S. The first kappa shape index (κ1) is 20.8. The molecule has 1 heterocycles. The lowest BCUT2D eigenvalue weighted by Crippen LogP contribution is -2.23. The molecule has 0 saturated heterocycles. The quantitative estimate of drug-likeness (QED) is 0.490. The molecule has 1 N–H and O–H groups in total. The summed E-state index contributed by atoms with van der Waals surface area (Å²) in [6.07, 6.45) is 0. The van der Waals surface area contributed by atoms with Crippen LogP contribution in [0.5, 0.6) is 0 Å². The van der Waals surface area contributed by atoms with E-state index in [0.717, 1.165) is 11.1 Å². The molecule has 1 aromatic heterocycles. The van der Waals surface area contributed by atoms with Gasteiger partial charge in [-0.3, -0.25) is 0 Å². The van der Waals surface area contributed by atoms with Crippen molar-refractivity contribution in [3.63, 3.8) is 0 Å². The molecule has 2 aromatic carbocycles. The van der Waals surface area contributed by atoms with Gasteiger partial charge in [-0.2, -0.15) is 0 Å². The maximum absolute atomic E-state index is 12.5. The molecule has 152 valence electrons. The minimum atomic E-state index is -3.69. The van der Waals surface area contributed by atoms with E-state index in [4.69, 9.17) is 9.15 Å². The molecule has 0 amide bonds. The number of aryl methyl sites for hydroxylation is 2. The molecule has 0 aliphatic heterocycles. The van der Waals surface area contributed by atoms with E-state index in [1.54, 1.807) is 6.92 Å². The van der Waals surface area contributed by atoms with Crippen molar-refractivity contribution in [2.75, 3.05) is 6.54 Å². The van der Waals surface area contributed by atoms with Crippen molar-refractivity contribution in [3.05, 3.63) is 75.1 Å². The molecule has 0 fully saturated rings. The third-order valence-corrected chi connectivity index (χ3v) is 6.13. The average Bonchev–Trinajstić information content (AvgIpc) is 2.69. The zero-order valence-electron chi connectivity index (χ0n) is 16.3. The Kier molecular flexibility index (Phi) is 5.86. The number of carbonyl (C=O) groups is 1. The molecule has 0 atom stereocenters. The Morgan fingerprint density at radius 1 is 1.14 bits per heavy atom.